The molecule has 3 saturated carbocycles. The van der Waals surface area contributed by atoms with Gasteiger partial charge in [0.2, 0.25) is 5.91 Å². The van der Waals surface area contributed by atoms with Crippen LogP contribution in [0, 0.1) is 23.2 Å². The van der Waals surface area contributed by atoms with Crippen LogP contribution in [-0.4, -0.2) is 49.3 Å². The fourth-order valence-electron chi connectivity index (χ4n) is 6.11. The predicted molar refractivity (Wildman–Crippen MR) is 133 cm³/mol. The zero-order chi connectivity index (χ0) is 24.3. The number of amides is 1. The Kier molecular flexibility index (Phi) is 9.67. The van der Waals surface area contributed by atoms with Gasteiger partial charge in [0.15, 0.2) is 0 Å². The van der Waals surface area contributed by atoms with Crippen molar-refractivity contribution in [2.24, 2.45) is 28.9 Å². The highest BCUT2D eigenvalue weighted by Gasteiger charge is 2.68. The van der Waals surface area contributed by atoms with Gasteiger partial charge in [-0.3, -0.25) is 4.79 Å². The third-order valence-electron chi connectivity index (χ3n) is 7.90. The Hall–Kier alpha value is -0.625. The number of rotatable bonds is 10. The first kappa shape index (κ1) is 27.6. The van der Waals surface area contributed by atoms with Crippen LogP contribution in [0.2, 0.25) is 0 Å². The van der Waals surface area contributed by atoms with Gasteiger partial charge in [-0.2, -0.15) is 0 Å². The first-order chi connectivity index (χ1) is 15.0. The van der Waals surface area contributed by atoms with Gasteiger partial charge in [-0.25, -0.2) is 0 Å². The van der Waals surface area contributed by atoms with Gasteiger partial charge in [0.25, 0.3) is 0 Å². The highest BCUT2D eigenvalue weighted by atomic mass is 16.7. The van der Waals surface area contributed by atoms with Crippen molar-refractivity contribution < 1.29 is 14.1 Å². The van der Waals surface area contributed by atoms with E-state index in [9.17, 15) is 4.79 Å². The van der Waals surface area contributed by atoms with Crippen LogP contribution in [0.5, 0.6) is 0 Å². The average molecular weight is 452 g/mol. The Balaban J connectivity index is 0.00000176. The molecule has 3 aliphatic carbocycles. The van der Waals surface area contributed by atoms with Gasteiger partial charge < -0.3 is 25.7 Å². The summed E-state index contributed by atoms with van der Waals surface area (Å²) in [5.41, 5.74) is 5.76. The van der Waals surface area contributed by atoms with Crippen LogP contribution in [-0.2, 0) is 14.1 Å². The molecule has 6 unspecified atom stereocenters. The molecule has 0 aromatic carbocycles. The molecule has 1 amide bonds. The summed E-state index contributed by atoms with van der Waals surface area (Å²) in [6.07, 6.45) is 4.82. The van der Waals surface area contributed by atoms with Gasteiger partial charge in [0.05, 0.1) is 23.7 Å². The van der Waals surface area contributed by atoms with E-state index in [1.165, 1.54) is 6.42 Å². The van der Waals surface area contributed by atoms with E-state index in [0.717, 1.165) is 31.6 Å². The first-order valence-corrected chi connectivity index (χ1v) is 13.1. The van der Waals surface area contributed by atoms with Gasteiger partial charge in [-0.05, 0) is 68.7 Å². The van der Waals surface area contributed by atoms with Gasteiger partial charge >= 0.3 is 7.12 Å². The lowest BCUT2D eigenvalue weighted by Gasteiger charge is -2.64. The summed E-state index contributed by atoms with van der Waals surface area (Å²) in [5, 5.41) is 6.68. The molecule has 0 aromatic rings. The molecule has 7 heteroatoms. The lowest BCUT2D eigenvalue weighted by molar-refractivity contribution is -0.199. The molecule has 6 atom stereocenters. The summed E-state index contributed by atoms with van der Waals surface area (Å²) in [7, 11) is -0.379. The highest BCUT2D eigenvalue weighted by Crippen LogP contribution is 2.65. The van der Waals surface area contributed by atoms with Crippen molar-refractivity contribution in [2.45, 2.75) is 124 Å². The monoisotopic (exact) mass is 451 g/mol. The van der Waals surface area contributed by atoms with Gasteiger partial charge in [-0.15, -0.1) is 0 Å². The molecule has 1 heterocycles. The fourth-order valence-corrected chi connectivity index (χ4v) is 6.11. The van der Waals surface area contributed by atoms with Crippen LogP contribution in [0.3, 0.4) is 0 Å². The van der Waals surface area contributed by atoms with E-state index in [4.69, 9.17) is 15.0 Å². The van der Waals surface area contributed by atoms with E-state index in [0.29, 0.717) is 23.8 Å². The molecule has 6 nitrogen and oxygen atoms in total. The summed E-state index contributed by atoms with van der Waals surface area (Å²) in [4.78, 5) is 13.2. The summed E-state index contributed by atoms with van der Waals surface area (Å²) in [6, 6.07) is -0.00825. The third kappa shape index (κ3) is 5.71. The molecular formula is C25H50BN3O3. The smallest absolute Gasteiger partial charge is 0.404 e. The molecule has 2 bridgehead atoms. The molecule has 0 radical (unpaired) electrons. The second-order valence-electron chi connectivity index (χ2n) is 11.4. The maximum atomic E-state index is 13.2. The van der Waals surface area contributed by atoms with Crippen molar-refractivity contribution in [3.8, 4) is 0 Å². The van der Waals surface area contributed by atoms with Crippen LogP contribution in [0.4, 0.5) is 0 Å². The lowest BCUT2D eigenvalue weighted by Crippen LogP contribution is -2.65. The Morgan fingerprint density at radius 2 is 1.81 bits per heavy atom. The second kappa shape index (κ2) is 11.2. The number of carbonyl (C=O) groups is 1. The average Bonchev–Trinajstić information content (AvgIpc) is 3.08. The minimum absolute atomic E-state index is 0.0275. The van der Waals surface area contributed by atoms with E-state index < -0.39 is 0 Å². The third-order valence-corrected chi connectivity index (χ3v) is 7.90. The van der Waals surface area contributed by atoms with Crippen LogP contribution >= 0.6 is 0 Å². The van der Waals surface area contributed by atoms with E-state index in [2.05, 4.69) is 59.1 Å². The second-order valence-corrected chi connectivity index (χ2v) is 11.4. The molecule has 186 valence electrons. The molecule has 4 rings (SSSR count). The van der Waals surface area contributed by atoms with Crippen molar-refractivity contribution in [1.82, 2.24) is 10.6 Å². The van der Waals surface area contributed by atoms with E-state index in [1.54, 1.807) is 0 Å². The summed E-state index contributed by atoms with van der Waals surface area (Å²) < 4.78 is 13.2. The quantitative estimate of drug-likeness (QED) is 0.439. The summed E-state index contributed by atoms with van der Waals surface area (Å²) in [6.45, 7) is 20.1. The van der Waals surface area contributed by atoms with Crippen molar-refractivity contribution in [1.29, 1.82) is 0 Å². The molecule has 32 heavy (non-hydrogen) atoms. The minimum Gasteiger partial charge on any atom is -0.404 e. The molecule has 0 spiro atoms. The maximum Gasteiger partial charge on any atom is 0.481 e. The van der Waals surface area contributed by atoms with Crippen LogP contribution in [0.25, 0.3) is 0 Å². The number of nitrogens with one attached hydrogen (secondary N) is 2. The molecular weight excluding hydrogens is 401 g/mol. The molecule has 4 fully saturated rings. The zero-order valence-corrected chi connectivity index (χ0v) is 22.2. The molecule has 4 aliphatic rings. The van der Waals surface area contributed by atoms with Crippen LogP contribution in [0.15, 0.2) is 0 Å². The fraction of sp³-hybridized carbons (Fsp3) is 0.960. The highest BCUT2D eigenvalue weighted by molar-refractivity contribution is 6.47. The molecule has 1 saturated heterocycles. The van der Waals surface area contributed by atoms with Gasteiger partial charge in [0, 0.05) is 6.04 Å². The van der Waals surface area contributed by atoms with Gasteiger partial charge in [-0.1, -0.05) is 55.4 Å². The summed E-state index contributed by atoms with van der Waals surface area (Å²) in [5.74, 6) is 1.56. The van der Waals surface area contributed by atoms with Crippen molar-refractivity contribution in [3.63, 3.8) is 0 Å². The standard InChI is InChI=1S/C23H44BN3O3.C2H6/c1-14(2)11-20(27-21(28)17(9-8-10-25)26-15(3)4)24-29-19-13-16-12-18(22(16,5)6)23(19,7)30-24;1-2/h14-20,26H,8-13,25H2,1-7H3,(H,27,28);1-2H3. The molecule has 1 aliphatic heterocycles. The van der Waals surface area contributed by atoms with Crippen molar-refractivity contribution in [3.05, 3.63) is 0 Å². The van der Waals surface area contributed by atoms with Crippen LogP contribution < -0.4 is 16.4 Å². The zero-order valence-electron chi connectivity index (χ0n) is 22.2. The Labute approximate surface area is 197 Å². The Morgan fingerprint density at radius 1 is 1.16 bits per heavy atom. The Morgan fingerprint density at radius 3 is 2.34 bits per heavy atom. The molecule has 0 aromatic heterocycles. The van der Waals surface area contributed by atoms with Gasteiger partial charge in [0.1, 0.15) is 0 Å². The topological polar surface area (TPSA) is 85.6 Å². The summed E-state index contributed by atoms with van der Waals surface area (Å²) >= 11 is 0. The first-order valence-electron chi connectivity index (χ1n) is 13.1. The minimum atomic E-state index is -0.379. The van der Waals surface area contributed by atoms with Crippen molar-refractivity contribution in [2.75, 3.05) is 6.54 Å². The van der Waals surface area contributed by atoms with E-state index in [-0.39, 0.29) is 42.8 Å². The number of carbonyl (C=O) groups excluding carboxylic acids is 1. The van der Waals surface area contributed by atoms with Crippen LogP contribution in [0.1, 0.15) is 94.4 Å². The van der Waals surface area contributed by atoms with E-state index in [1.807, 2.05) is 13.8 Å². The maximum absolute atomic E-state index is 13.2. The number of nitrogens with two attached hydrogens (primary N) is 1. The number of hydrogen-bond donors (Lipinski definition) is 3. The SMILES string of the molecule is CC.CC(C)CC(NC(=O)C(CCCN)NC(C)C)B1OC2CC3CC(C3(C)C)C2(C)O1. The van der Waals surface area contributed by atoms with Crippen molar-refractivity contribution >= 4 is 13.0 Å². The molecule has 4 N–H and O–H groups in total. The Bertz CT molecular complexity index is 615. The lowest BCUT2D eigenvalue weighted by atomic mass is 9.43. The largest absolute Gasteiger partial charge is 0.481 e. The predicted octanol–water partition coefficient (Wildman–Crippen LogP) is 3.92. The normalized spacial score (nSPS) is 32.0. The number of hydrogen-bond acceptors (Lipinski definition) is 5. The van der Waals surface area contributed by atoms with E-state index >= 15 is 0 Å².